The molecule has 0 unspecified atom stereocenters. The predicted octanol–water partition coefficient (Wildman–Crippen LogP) is 2.00. The number of aryl methyl sites for hydroxylation is 1. The van der Waals surface area contributed by atoms with Crippen molar-refractivity contribution in [2.75, 3.05) is 5.73 Å². The molecular formula is C8H6F2N2O. The molecule has 0 fully saturated rings. The molecule has 13 heavy (non-hydrogen) atoms. The number of halogens is 2. The fraction of sp³-hybridized carbons (Fsp3) is 0.125. The Kier molecular flexibility index (Phi) is 1.48. The first-order chi connectivity index (χ1) is 6.09. The summed E-state index contributed by atoms with van der Waals surface area (Å²) in [6.45, 7) is 1.60. The minimum absolute atomic E-state index is 0.164. The summed E-state index contributed by atoms with van der Waals surface area (Å²) in [6, 6.07) is 0.891. The van der Waals surface area contributed by atoms with Gasteiger partial charge >= 0.3 is 0 Å². The zero-order chi connectivity index (χ0) is 9.59. The minimum Gasteiger partial charge on any atom is -0.420 e. The van der Waals surface area contributed by atoms with Crippen LogP contribution in [-0.2, 0) is 0 Å². The molecule has 3 nitrogen and oxygen atoms in total. The predicted molar refractivity (Wildman–Crippen MR) is 43.1 cm³/mol. The van der Waals surface area contributed by atoms with E-state index in [2.05, 4.69) is 4.98 Å². The zero-order valence-corrected chi connectivity index (χ0v) is 6.77. The summed E-state index contributed by atoms with van der Waals surface area (Å²) in [5, 5.41) is 0. The lowest BCUT2D eigenvalue weighted by Crippen LogP contribution is -1.87. The van der Waals surface area contributed by atoms with E-state index in [-0.39, 0.29) is 17.1 Å². The van der Waals surface area contributed by atoms with Crippen LogP contribution in [-0.4, -0.2) is 4.98 Å². The molecule has 2 aromatic rings. The lowest BCUT2D eigenvalue weighted by molar-refractivity contribution is 0.494. The second-order valence-electron chi connectivity index (χ2n) is 2.72. The van der Waals surface area contributed by atoms with Crippen LogP contribution in [0.25, 0.3) is 11.1 Å². The fourth-order valence-corrected chi connectivity index (χ4v) is 1.18. The molecule has 0 aliphatic heterocycles. The largest absolute Gasteiger partial charge is 0.420 e. The molecule has 0 saturated heterocycles. The van der Waals surface area contributed by atoms with E-state index in [1.54, 1.807) is 6.92 Å². The molecule has 0 aliphatic carbocycles. The first kappa shape index (κ1) is 7.97. The van der Waals surface area contributed by atoms with Gasteiger partial charge in [0.1, 0.15) is 5.52 Å². The van der Waals surface area contributed by atoms with Gasteiger partial charge in [0.25, 0.3) is 6.01 Å². The van der Waals surface area contributed by atoms with Crippen LogP contribution in [0.5, 0.6) is 0 Å². The molecule has 0 radical (unpaired) electrons. The summed E-state index contributed by atoms with van der Waals surface area (Å²) in [5.41, 5.74) is 5.74. The Morgan fingerprint density at radius 2 is 2.15 bits per heavy atom. The molecule has 0 amide bonds. The van der Waals surface area contributed by atoms with Crippen LogP contribution in [0.4, 0.5) is 14.8 Å². The van der Waals surface area contributed by atoms with Gasteiger partial charge in [0.15, 0.2) is 11.4 Å². The number of oxazole rings is 1. The summed E-state index contributed by atoms with van der Waals surface area (Å²) in [7, 11) is 0. The Balaban J connectivity index is 2.95. The summed E-state index contributed by atoms with van der Waals surface area (Å²) >= 11 is 0. The van der Waals surface area contributed by atoms with Crippen molar-refractivity contribution in [3.8, 4) is 0 Å². The van der Waals surface area contributed by atoms with E-state index in [0.717, 1.165) is 6.07 Å². The van der Waals surface area contributed by atoms with Crippen molar-refractivity contribution in [3.63, 3.8) is 0 Å². The van der Waals surface area contributed by atoms with Gasteiger partial charge in [-0.25, -0.2) is 4.39 Å². The fourth-order valence-electron chi connectivity index (χ4n) is 1.18. The monoisotopic (exact) mass is 184 g/mol. The van der Waals surface area contributed by atoms with E-state index >= 15 is 0 Å². The lowest BCUT2D eigenvalue weighted by Gasteiger charge is -1.95. The third kappa shape index (κ3) is 1.04. The highest BCUT2D eigenvalue weighted by atomic mass is 19.2. The van der Waals surface area contributed by atoms with E-state index in [1.165, 1.54) is 0 Å². The molecular weight excluding hydrogens is 178 g/mol. The summed E-state index contributed by atoms with van der Waals surface area (Å²) in [4.78, 5) is 3.72. The van der Waals surface area contributed by atoms with Crippen molar-refractivity contribution in [1.29, 1.82) is 0 Å². The highest BCUT2D eigenvalue weighted by molar-refractivity contribution is 5.78. The van der Waals surface area contributed by atoms with Gasteiger partial charge in [-0.3, -0.25) is 0 Å². The van der Waals surface area contributed by atoms with Gasteiger partial charge in [-0.15, -0.1) is 0 Å². The van der Waals surface area contributed by atoms with Crippen molar-refractivity contribution in [2.24, 2.45) is 0 Å². The smallest absolute Gasteiger partial charge is 0.293 e. The van der Waals surface area contributed by atoms with Crippen molar-refractivity contribution >= 4 is 17.1 Å². The van der Waals surface area contributed by atoms with Crippen molar-refractivity contribution < 1.29 is 13.2 Å². The van der Waals surface area contributed by atoms with Gasteiger partial charge in [-0.1, -0.05) is 0 Å². The first-order valence-corrected chi connectivity index (χ1v) is 3.60. The molecule has 0 bridgehead atoms. The number of aromatic nitrogens is 1. The number of fused-ring (bicyclic) bond motifs is 1. The molecule has 0 aliphatic rings. The molecule has 1 heterocycles. The molecule has 2 rings (SSSR count). The highest BCUT2D eigenvalue weighted by Gasteiger charge is 2.15. The lowest BCUT2D eigenvalue weighted by atomic mass is 10.2. The molecule has 0 saturated carbocycles. The van der Waals surface area contributed by atoms with Gasteiger partial charge in [0, 0.05) is 0 Å². The second-order valence-corrected chi connectivity index (χ2v) is 2.72. The average Bonchev–Trinajstić information content (AvgIpc) is 2.44. The average molecular weight is 184 g/mol. The first-order valence-electron chi connectivity index (χ1n) is 3.60. The summed E-state index contributed by atoms with van der Waals surface area (Å²) < 4.78 is 30.6. The minimum atomic E-state index is -1.05. The Morgan fingerprint density at radius 1 is 1.46 bits per heavy atom. The van der Waals surface area contributed by atoms with E-state index in [4.69, 9.17) is 10.2 Å². The number of nitrogens with zero attached hydrogens (tertiary/aromatic N) is 1. The Morgan fingerprint density at radius 3 is 2.85 bits per heavy atom. The number of benzene rings is 1. The third-order valence-electron chi connectivity index (χ3n) is 1.77. The Hall–Kier alpha value is -1.65. The van der Waals surface area contributed by atoms with Crippen LogP contribution in [0.3, 0.4) is 0 Å². The quantitative estimate of drug-likeness (QED) is 0.681. The van der Waals surface area contributed by atoms with E-state index in [0.29, 0.717) is 5.56 Å². The van der Waals surface area contributed by atoms with E-state index < -0.39 is 11.6 Å². The van der Waals surface area contributed by atoms with Gasteiger partial charge in [-0.2, -0.15) is 9.37 Å². The number of rotatable bonds is 0. The van der Waals surface area contributed by atoms with Gasteiger partial charge in [0.2, 0.25) is 5.82 Å². The van der Waals surface area contributed by atoms with Crippen LogP contribution in [0.2, 0.25) is 0 Å². The SMILES string of the molecule is Cc1cc(F)c(F)c2oc(N)nc12. The summed E-state index contributed by atoms with van der Waals surface area (Å²) in [6.07, 6.45) is 0. The Labute approximate surface area is 72.2 Å². The maximum atomic E-state index is 13.0. The van der Waals surface area contributed by atoms with Gasteiger partial charge < -0.3 is 10.2 Å². The van der Waals surface area contributed by atoms with Crippen LogP contribution >= 0.6 is 0 Å². The summed E-state index contributed by atoms with van der Waals surface area (Å²) in [5.74, 6) is -2.01. The number of hydrogen-bond donors (Lipinski definition) is 1. The maximum absolute atomic E-state index is 13.0. The molecule has 68 valence electrons. The van der Waals surface area contributed by atoms with Gasteiger partial charge in [0.05, 0.1) is 0 Å². The highest BCUT2D eigenvalue weighted by Crippen LogP contribution is 2.25. The van der Waals surface area contributed by atoms with E-state index in [9.17, 15) is 8.78 Å². The molecule has 0 atom stereocenters. The van der Waals surface area contributed by atoms with Crippen molar-refractivity contribution in [3.05, 3.63) is 23.3 Å². The molecule has 5 heteroatoms. The van der Waals surface area contributed by atoms with Crippen LogP contribution in [0.1, 0.15) is 5.56 Å². The molecule has 1 aromatic carbocycles. The number of anilines is 1. The zero-order valence-electron chi connectivity index (χ0n) is 6.77. The van der Waals surface area contributed by atoms with Gasteiger partial charge in [-0.05, 0) is 18.6 Å². The van der Waals surface area contributed by atoms with E-state index in [1.807, 2.05) is 0 Å². The Bertz CT molecular complexity index is 478. The molecule has 0 spiro atoms. The number of nitrogen functional groups attached to an aromatic ring is 1. The molecule has 1 aromatic heterocycles. The number of nitrogens with two attached hydrogens (primary N) is 1. The topological polar surface area (TPSA) is 52.0 Å². The number of hydrogen-bond acceptors (Lipinski definition) is 3. The maximum Gasteiger partial charge on any atom is 0.293 e. The second kappa shape index (κ2) is 2.42. The van der Waals surface area contributed by atoms with Crippen LogP contribution < -0.4 is 5.73 Å². The normalized spacial score (nSPS) is 11.0. The van der Waals surface area contributed by atoms with Crippen molar-refractivity contribution in [2.45, 2.75) is 6.92 Å². The third-order valence-corrected chi connectivity index (χ3v) is 1.77. The molecule has 2 N–H and O–H groups in total. The van der Waals surface area contributed by atoms with Crippen LogP contribution in [0.15, 0.2) is 10.5 Å². The standard InChI is InChI=1S/C8H6F2N2O/c1-3-2-4(9)5(10)7-6(3)12-8(11)13-7/h2H,1H3,(H2,11,12). The van der Waals surface area contributed by atoms with Crippen molar-refractivity contribution in [1.82, 2.24) is 4.98 Å². The van der Waals surface area contributed by atoms with Crippen LogP contribution in [0, 0.1) is 18.6 Å².